The number of hydrogen-bond acceptors (Lipinski definition) is 3. The van der Waals surface area contributed by atoms with Crippen molar-refractivity contribution >= 4 is 23.2 Å². The number of nitrogens with two attached hydrogens (primary N) is 1. The lowest BCUT2D eigenvalue weighted by Crippen LogP contribution is -1.99. The second-order valence-electron chi connectivity index (χ2n) is 3.40. The average molecular weight is 272 g/mol. The van der Waals surface area contributed by atoms with Gasteiger partial charge in [0.15, 0.2) is 0 Å². The molecule has 0 bridgehead atoms. The van der Waals surface area contributed by atoms with Crippen LogP contribution in [0.4, 0.5) is 0 Å². The largest absolute Gasteiger partial charge is 0.494 e. The number of aromatic amines is 1. The third-order valence-electron chi connectivity index (χ3n) is 2.39. The molecule has 3 N–H and O–H groups in total. The van der Waals surface area contributed by atoms with Crippen LogP contribution in [0.3, 0.4) is 0 Å². The second-order valence-corrected chi connectivity index (χ2v) is 4.25. The molecule has 0 fully saturated rings. The fourth-order valence-electron chi connectivity index (χ4n) is 1.65. The molecule has 0 amide bonds. The van der Waals surface area contributed by atoms with E-state index in [0.29, 0.717) is 28.0 Å². The summed E-state index contributed by atoms with van der Waals surface area (Å²) in [5.41, 5.74) is 7.86. The molecule has 4 nitrogen and oxygen atoms in total. The maximum Gasteiger partial charge on any atom is 0.147 e. The SMILES string of the molecule is COc1c(Cl)cc(Cl)cc1-c1nc[nH]c1CN. The third-order valence-corrected chi connectivity index (χ3v) is 2.89. The second kappa shape index (κ2) is 4.96. The predicted molar refractivity (Wildman–Crippen MR) is 68.5 cm³/mol. The lowest BCUT2D eigenvalue weighted by Gasteiger charge is -2.10. The lowest BCUT2D eigenvalue weighted by atomic mass is 10.1. The Labute approximate surface area is 109 Å². The Morgan fingerprint density at radius 1 is 1.41 bits per heavy atom. The molecule has 6 heteroatoms. The lowest BCUT2D eigenvalue weighted by molar-refractivity contribution is 0.416. The van der Waals surface area contributed by atoms with Gasteiger partial charge in [-0.05, 0) is 12.1 Å². The predicted octanol–water partition coefficient (Wildman–Crippen LogP) is 2.85. The van der Waals surface area contributed by atoms with E-state index < -0.39 is 0 Å². The Balaban J connectivity index is 2.66. The van der Waals surface area contributed by atoms with Crippen molar-refractivity contribution in [2.24, 2.45) is 5.73 Å². The van der Waals surface area contributed by atoms with Gasteiger partial charge in [-0.2, -0.15) is 0 Å². The number of imidazole rings is 1. The summed E-state index contributed by atoms with van der Waals surface area (Å²) in [6.45, 7) is 0.350. The normalized spacial score (nSPS) is 10.6. The third kappa shape index (κ3) is 2.24. The van der Waals surface area contributed by atoms with E-state index in [2.05, 4.69) is 9.97 Å². The van der Waals surface area contributed by atoms with Crippen molar-refractivity contribution in [2.45, 2.75) is 6.54 Å². The van der Waals surface area contributed by atoms with Crippen molar-refractivity contribution < 1.29 is 4.74 Å². The number of nitrogens with zero attached hydrogens (tertiary/aromatic N) is 1. The maximum absolute atomic E-state index is 6.07. The van der Waals surface area contributed by atoms with E-state index in [9.17, 15) is 0 Å². The van der Waals surface area contributed by atoms with Crippen LogP contribution in [-0.4, -0.2) is 17.1 Å². The monoisotopic (exact) mass is 271 g/mol. The van der Waals surface area contributed by atoms with Crippen LogP contribution in [-0.2, 0) is 6.54 Å². The van der Waals surface area contributed by atoms with Crippen LogP contribution < -0.4 is 10.5 Å². The minimum atomic E-state index is 0.350. The Bertz CT molecular complexity index is 540. The smallest absolute Gasteiger partial charge is 0.147 e. The van der Waals surface area contributed by atoms with Gasteiger partial charge < -0.3 is 15.5 Å². The molecule has 1 aromatic heterocycles. The molecule has 0 aliphatic rings. The molecule has 17 heavy (non-hydrogen) atoms. The number of H-pyrrole nitrogens is 1. The molecule has 0 saturated heterocycles. The average Bonchev–Trinajstić information content (AvgIpc) is 2.75. The molecule has 0 spiro atoms. The van der Waals surface area contributed by atoms with Crippen molar-refractivity contribution in [1.29, 1.82) is 0 Å². The first kappa shape index (κ1) is 12.2. The van der Waals surface area contributed by atoms with Gasteiger partial charge in [0.2, 0.25) is 0 Å². The van der Waals surface area contributed by atoms with Crippen LogP contribution in [0.25, 0.3) is 11.3 Å². The molecule has 1 heterocycles. The Morgan fingerprint density at radius 3 is 2.82 bits per heavy atom. The highest BCUT2D eigenvalue weighted by Crippen LogP contribution is 2.38. The molecule has 90 valence electrons. The number of nitrogens with one attached hydrogen (secondary N) is 1. The van der Waals surface area contributed by atoms with Gasteiger partial charge in [-0.1, -0.05) is 23.2 Å². The number of hydrogen-bond donors (Lipinski definition) is 2. The summed E-state index contributed by atoms with van der Waals surface area (Å²) in [7, 11) is 1.55. The molecular formula is C11H11Cl2N3O. The number of benzene rings is 1. The summed E-state index contributed by atoms with van der Waals surface area (Å²) in [5.74, 6) is 0.540. The van der Waals surface area contributed by atoms with Crippen LogP contribution in [0.15, 0.2) is 18.5 Å². The van der Waals surface area contributed by atoms with E-state index in [1.807, 2.05) is 0 Å². The fraction of sp³-hybridized carbons (Fsp3) is 0.182. The van der Waals surface area contributed by atoms with Gasteiger partial charge in [0, 0.05) is 17.1 Å². The van der Waals surface area contributed by atoms with Crippen LogP contribution in [0.1, 0.15) is 5.69 Å². The van der Waals surface area contributed by atoms with Crippen molar-refractivity contribution in [3.05, 3.63) is 34.2 Å². The number of halogens is 2. The van der Waals surface area contributed by atoms with Crippen LogP contribution in [0, 0.1) is 0 Å². The Hall–Kier alpha value is -1.23. The molecule has 0 atom stereocenters. The van der Waals surface area contributed by atoms with E-state index in [0.717, 1.165) is 11.3 Å². The summed E-state index contributed by atoms with van der Waals surface area (Å²) < 4.78 is 5.27. The van der Waals surface area contributed by atoms with E-state index in [4.69, 9.17) is 33.7 Å². The highest BCUT2D eigenvalue weighted by molar-refractivity contribution is 6.36. The van der Waals surface area contributed by atoms with E-state index in [1.165, 1.54) is 0 Å². The summed E-state index contributed by atoms with van der Waals surface area (Å²) in [6.07, 6.45) is 1.58. The fourth-order valence-corrected chi connectivity index (χ4v) is 2.22. The van der Waals surface area contributed by atoms with Gasteiger partial charge in [-0.25, -0.2) is 4.98 Å². The molecule has 0 saturated carbocycles. The molecule has 0 aliphatic heterocycles. The van der Waals surface area contributed by atoms with E-state index >= 15 is 0 Å². The number of aromatic nitrogens is 2. The topological polar surface area (TPSA) is 63.9 Å². The van der Waals surface area contributed by atoms with Crippen molar-refractivity contribution in [3.63, 3.8) is 0 Å². The zero-order chi connectivity index (χ0) is 12.4. The standard InChI is InChI=1S/C11H11Cl2N3O/c1-17-11-7(2-6(12)3-8(11)13)10-9(4-14)15-5-16-10/h2-3,5H,4,14H2,1H3,(H,15,16). The van der Waals surface area contributed by atoms with Crippen molar-refractivity contribution in [3.8, 4) is 17.0 Å². The summed E-state index contributed by atoms with van der Waals surface area (Å²) >= 11 is 12.1. The van der Waals surface area contributed by atoms with Gasteiger partial charge in [-0.15, -0.1) is 0 Å². The zero-order valence-electron chi connectivity index (χ0n) is 9.13. The Kier molecular flexibility index (Phi) is 3.57. The van der Waals surface area contributed by atoms with Gasteiger partial charge in [0.1, 0.15) is 5.75 Å². The summed E-state index contributed by atoms with van der Waals surface area (Å²) in [4.78, 5) is 7.18. The first-order valence-electron chi connectivity index (χ1n) is 4.93. The van der Waals surface area contributed by atoms with Crippen molar-refractivity contribution in [2.75, 3.05) is 7.11 Å². The van der Waals surface area contributed by atoms with Crippen molar-refractivity contribution in [1.82, 2.24) is 9.97 Å². The molecule has 0 unspecified atom stereocenters. The van der Waals surface area contributed by atoms with Crippen LogP contribution in [0.5, 0.6) is 5.75 Å². The highest BCUT2D eigenvalue weighted by Gasteiger charge is 2.16. The van der Waals surface area contributed by atoms with Gasteiger partial charge >= 0.3 is 0 Å². The van der Waals surface area contributed by atoms with Gasteiger partial charge in [0.05, 0.1) is 29.8 Å². The first-order valence-corrected chi connectivity index (χ1v) is 5.68. The molecule has 1 aromatic carbocycles. The number of rotatable bonds is 3. The molecule has 0 aliphatic carbocycles. The summed E-state index contributed by atoms with van der Waals surface area (Å²) in [5, 5.41) is 0.970. The zero-order valence-corrected chi connectivity index (χ0v) is 10.6. The van der Waals surface area contributed by atoms with Gasteiger partial charge in [0.25, 0.3) is 0 Å². The maximum atomic E-state index is 6.07. The Morgan fingerprint density at radius 2 is 2.18 bits per heavy atom. The van der Waals surface area contributed by atoms with Crippen LogP contribution >= 0.6 is 23.2 Å². The van der Waals surface area contributed by atoms with Gasteiger partial charge in [-0.3, -0.25) is 0 Å². The molecule has 0 radical (unpaired) electrons. The molecule has 2 rings (SSSR count). The number of ether oxygens (including phenoxy) is 1. The molecular weight excluding hydrogens is 261 g/mol. The quantitative estimate of drug-likeness (QED) is 0.903. The highest BCUT2D eigenvalue weighted by atomic mass is 35.5. The van der Waals surface area contributed by atoms with E-state index in [1.54, 1.807) is 25.6 Å². The number of methoxy groups -OCH3 is 1. The minimum absolute atomic E-state index is 0.350. The summed E-state index contributed by atoms with van der Waals surface area (Å²) in [6, 6.07) is 3.38. The molecule has 2 aromatic rings. The van der Waals surface area contributed by atoms with Crippen LogP contribution in [0.2, 0.25) is 10.0 Å². The first-order chi connectivity index (χ1) is 8.17. The minimum Gasteiger partial charge on any atom is -0.494 e. The van der Waals surface area contributed by atoms with E-state index in [-0.39, 0.29) is 0 Å².